The van der Waals surface area contributed by atoms with Crippen LogP contribution in [0, 0.1) is 6.92 Å². The number of anilines is 1. The van der Waals surface area contributed by atoms with Gasteiger partial charge in [-0.05, 0) is 55.0 Å². The maximum absolute atomic E-state index is 12.3. The first-order valence-corrected chi connectivity index (χ1v) is 8.33. The fourth-order valence-electron chi connectivity index (χ4n) is 2.41. The van der Waals surface area contributed by atoms with Gasteiger partial charge in [0, 0.05) is 29.2 Å². The Bertz CT molecular complexity index is 984. The molecule has 0 radical (unpaired) electrons. The Morgan fingerprint density at radius 2 is 1.63 bits per heavy atom. The van der Waals surface area contributed by atoms with Crippen LogP contribution < -0.4 is 10.7 Å². The van der Waals surface area contributed by atoms with E-state index in [-0.39, 0.29) is 11.8 Å². The summed E-state index contributed by atoms with van der Waals surface area (Å²) in [7, 11) is 0. The Morgan fingerprint density at radius 1 is 0.926 bits per heavy atom. The van der Waals surface area contributed by atoms with E-state index in [4.69, 9.17) is 0 Å². The molecule has 2 amide bonds. The third-order valence-electron chi connectivity index (χ3n) is 3.75. The maximum Gasteiger partial charge on any atom is 0.271 e. The lowest BCUT2D eigenvalue weighted by Gasteiger charge is -2.07. The second-order valence-electron chi connectivity index (χ2n) is 5.88. The molecule has 0 bridgehead atoms. The van der Waals surface area contributed by atoms with Gasteiger partial charge in [-0.3, -0.25) is 14.6 Å². The minimum atomic E-state index is -0.369. The van der Waals surface area contributed by atoms with E-state index in [0.717, 1.165) is 11.1 Å². The zero-order valence-corrected chi connectivity index (χ0v) is 14.7. The lowest BCUT2D eigenvalue weighted by atomic mass is 10.1. The van der Waals surface area contributed by atoms with E-state index in [1.807, 2.05) is 19.1 Å². The van der Waals surface area contributed by atoms with Crippen LogP contribution in [0.15, 0.2) is 78.2 Å². The van der Waals surface area contributed by atoms with Crippen molar-refractivity contribution in [3.63, 3.8) is 0 Å². The molecule has 6 heteroatoms. The molecule has 134 valence electrons. The molecule has 0 atom stereocenters. The number of carbonyl (C=O) groups excluding carboxylic acids is 2. The summed E-state index contributed by atoms with van der Waals surface area (Å²) in [5, 5.41) is 6.72. The van der Waals surface area contributed by atoms with Crippen LogP contribution in [0.1, 0.15) is 31.8 Å². The summed E-state index contributed by atoms with van der Waals surface area (Å²) in [4.78, 5) is 28.5. The van der Waals surface area contributed by atoms with Crippen LogP contribution in [0.2, 0.25) is 0 Å². The Morgan fingerprint density at radius 3 is 2.37 bits per heavy atom. The van der Waals surface area contributed by atoms with Crippen LogP contribution in [0.3, 0.4) is 0 Å². The van der Waals surface area contributed by atoms with Crippen molar-refractivity contribution in [1.82, 2.24) is 10.4 Å². The quantitative estimate of drug-likeness (QED) is 0.541. The molecule has 0 saturated heterocycles. The van der Waals surface area contributed by atoms with Gasteiger partial charge in [-0.25, -0.2) is 5.43 Å². The summed E-state index contributed by atoms with van der Waals surface area (Å²) in [6.07, 6.45) is 4.82. The molecule has 0 saturated carbocycles. The molecule has 2 aromatic carbocycles. The summed E-state index contributed by atoms with van der Waals surface area (Å²) >= 11 is 0. The van der Waals surface area contributed by atoms with Gasteiger partial charge >= 0.3 is 0 Å². The second-order valence-corrected chi connectivity index (χ2v) is 5.88. The summed E-state index contributed by atoms with van der Waals surface area (Å²) < 4.78 is 0. The van der Waals surface area contributed by atoms with Gasteiger partial charge in [-0.2, -0.15) is 5.10 Å². The average molecular weight is 358 g/mol. The van der Waals surface area contributed by atoms with Crippen LogP contribution in [0.25, 0.3) is 0 Å². The Balaban J connectivity index is 1.65. The van der Waals surface area contributed by atoms with Crippen molar-refractivity contribution >= 4 is 23.7 Å². The standard InChI is InChI=1S/C21H18N4O2/c1-15-4-2-5-17(12-15)20(26)24-19-7-3-6-18(13-19)21(27)25-23-14-16-8-10-22-11-9-16/h2-14H,1H3,(H,24,26)(H,25,27)/b23-14-. The van der Waals surface area contributed by atoms with Crippen LogP contribution in [-0.4, -0.2) is 23.0 Å². The number of rotatable bonds is 5. The van der Waals surface area contributed by atoms with E-state index in [0.29, 0.717) is 16.8 Å². The number of pyridine rings is 1. The van der Waals surface area contributed by atoms with Gasteiger partial charge in [-0.1, -0.05) is 23.8 Å². The molecule has 27 heavy (non-hydrogen) atoms. The first-order chi connectivity index (χ1) is 13.1. The van der Waals surface area contributed by atoms with Gasteiger partial charge < -0.3 is 5.32 Å². The number of aryl methyl sites for hydroxylation is 1. The van der Waals surface area contributed by atoms with Crippen LogP contribution in [-0.2, 0) is 0 Å². The van der Waals surface area contributed by atoms with Crippen molar-refractivity contribution in [3.8, 4) is 0 Å². The maximum atomic E-state index is 12.3. The van der Waals surface area contributed by atoms with Crippen LogP contribution in [0.5, 0.6) is 0 Å². The zero-order valence-electron chi connectivity index (χ0n) is 14.7. The van der Waals surface area contributed by atoms with Crippen molar-refractivity contribution in [1.29, 1.82) is 0 Å². The number of nitrogens with one attached hydrogen (secondary N) is 2. The van der Waals surface area contributed by atoms with Gasteiger partial charge in [0.05, 0.1) is 6.21 Å². The Hall–Kier alpha value is -3.80. The van der Waals surface area contributed by atoms with Gasteiger partial charge in [0.15, 0.2) is 0 Å². The molecule has 1 heterocycles. The number of hydrazone groups is 1. The Kier molecular flexibility index (Phi) is 5.69. The van der Waals surface area contributed by atoms with E-state index in [1.165, 1.54) is 6.21 Å². The lowest BCUT2D eigenvalue weighted by molar-refractivity contribution is 0.0953. The zero-order chi connectivity index (χ0) is 19.1. The van der Waals surface area contributed by atoms with E-state index in [1.54, 1.807) is 60.9 Å². The van der Waals surface area contributed by atoms with E-state index >= 15 is 0 Å². The monoisotopic (exact) mass is 358 g/mol. The summed E-state index contributed by atoms with van der Waals surface area (Å²) in [6.45, 7) is 1.92. The summed E-state index contributed by atoms with van der Waals surface area (Å²) in [5.41, 5.74) is 5.78. The molecule has 1 aromatic heterocycles. The minimum absolute atomic E-state index is 0.230. The highest BCUT2D eigenvalue weighted by Gasteiger charge is 2.09. The van der Waals surface area contributed by atoms with Crippen LogP contribution in [0.4, 0.5) is 5.69 Å². The Labute approximate surface area is 157 Å². The predicted molar refractivity (Wildman–Crippen MR) is 105 cm³/mol. The molecule has 0 fully saturated rings. The van der Waals surface area contributed by atoms with E-state index in [2.05, 4.69) is 20.8 Å². The molecular weight excluding hydrogens is 340 g/mol. The van der Waals surface area contributed by atoms with E-state index in [9.17, 15) is 9.59 Å². The fraction of sp³-hybridized carbons (Fsp3) is 0.0476. The van der Waals surface area contributed by atoms with Gasteiger partial charge in [0.2, 0.25) is 0 Å². The first kappa shape index (κ1) is 18.0. The van der Waals surface area contributed by atoms with Crippen molar-refractivity contribution in [2.75, 3.05) is 5.32 Å². The normalized spacial score (nSPS) is 10.6. The smallest absolute Gasteiger partial charge is 0.271 e. The highest BCUT2D eigenvalue weighted by Crippen LogP contribution is 2.13. The fourth-order valence-corrected chi connectivity index (χ4v) is 2.41. The summed E-state index contributed by atoms with van der Waals surface area (Å²) in [5.74, 6) is -0.598. The van der Waals surface area contributed by atoms with E-state index < -0.39 is 0 Å². The third-order valence-corrected chi connectivity index (χ3v) is 3.75. The minimum Gasteiger partial charge on any atom is -0.322 e. The number of hydrogen-bond donors (Lipinski definition) is 2. The number of carbonyl (C=O) groups is 2. The van der Waals surface area contributed by atoms with Crippen molar-refractivity contribution in [3.05, 3.63) is 95.3 Å². The topological polar surface area (TPSA) is 83.5 Å². The second kappa shape index (κ2) is 8.53. The van der Waals surface area contributed by atoms with Gasteiger partial charge in [0.1, 0.15) is 0 Å². The molecule has 3 aromatic rings. The number of aromatic nitrogens is 1. The molecule has 0 unspecified atom stereocenters. The molecule has 6 nitrogen and oxygen atoms in total. The summed E-state index contributed by atoms with van der Waals surface area (Å²) in [6, 6.07) is 17.5. The molecular formula is C21H18N4O2. The molecule has 3 rings (SSSR count). The van der Waals surface area contributed by atoms with Crippen molar-refractivity contribution < 1.29 is 9.59 Å². The molecule has 2 N–H and O–H groups in total. The number of benzene rings is 2. The van der Waals surface area contributed by atoms with Gasteiger partial charge in [-0.15, -0.1) is 0 Å². The van der Waals surface area contributed by atoms with Crippen molar-refractivity contribution in [2.24, 2.45) is 5.10 Å². The molecule has 0 aliphatic carbocycles. The van der Waals surface area contributed by atoms with Crippen LogP contribution >= 0.6 is 0 Å². The molecule has 0 spiro atoms. The largest absolute Gasteiger partial charge is 0.322 e. The highest BCUT2D eigenvalue weighted by atomic mass is 16.2. The average Bonchev–Trinajstić information content (AvgIpc) is 2.69. The molecule has 0 aliphatic heterocycles. The lowest BCUT2D eigenvalue weighted by Crippen LogP contribution is -2.18. The highest BCUT2D eigenvalue weighted by molar-refractivity contribution is 6.05. The first-order valence-electron chi connectivity index (χ1n) is 8.33. The predicted octanol–water partition coefficient (Wildman–Crippen LogP) is 3.41. The van der Waals surface area contributed by atoms with Crippen molar-refractivity contribution in [2.45, 2.75) is 6.92 Å². The molecule has 0 aliphatic rings. The number of nitrogens with zero attached hydrogens (tertiary/aromatic N) is 2. The number of amides is 2. The SMILES string of the molecule is Cc1cccc(C(=O)Nc2cccc(C(=O)N/N=C\c3ccncc3)c2)c1. The number of hydrogen-bond acceptors (Lipinski definition) is 4. The third kappa shape index (κ3) is 5.09. The van der Waals surface area contributed by atoms with Gasteiger partial charge in [0.25, 0.3) is 11.8 Å².